The first-order valence-electron chi connectivity index (χ1n) is 11.3. The summed E-state index contributed by atoms with van der Waals surface area (Å²) in [5.74, 6) is 0.979. The van der Waals surface area contributed by atoms with Crippen molar-refractivity contribution >= 4 is 33.7 Å². The van der Waals surface area contributed by atoms with Gasteiger partial charge in [-0.1, -0.05) is 37.6 Å². The first-order chi connectivity index (χ1) is 15.9. The minimum atomic E-state index is -0.396. The number of nitrogens with zero attached hydrogens (tertiary/aromatic N) is 4. The number of unbranched alkanes of at least 4 members (excludes halogenated alkanes) is 1. The summed E-state index contributed by atoms with van der Waals surface area (Å²) in [5, 5.41) is 0.923. The fraction of sp³-hybridized carbons (Fsp3) is 0.346. The van der Waals surface area contributed by atoms with Gasteiger partial charge >= 0.3 is 5.97 Å². The van der Waals surface area contributed by atoms with Crippen LogP contribution in [0, 0.1) is 0 Å². The van der Waals surface area contributed by atoms with E-state index in [-0.39, 0.29) is 0 Å². The highest BCUT2D eigenvalue weighted by atomic mass is 16.5. The second-order valence-electron chi connectivity index (χ2n) is 8.69. The summed E-state index contributed by atoms with van der Waals surface area (Å²) < 4.78 is 7.12. The minimum absolute atomic E-state index is 0.373. The lowest BCUT2D eigenvalue weighted by atomic mass is 10.1. The number of benzene rings is 2. The normalized spacial score (nSPS) is 11.5. The van der Waals surface area contributed by atoms with Gasteiger partial charge in [0.1, 0.15) is 11.3 Å². The predicted molar refractivity (Wildman–Crippen MR) is 132 cm³/mol. The summed E-state index contributed by atoms with van der Waals surface area (Å²) in [4.78, 5) is 23.6. The lowest BCUT2D eigenvalue weighted by Crippen LogP contribution is -2.11. The smallest absolute Gasteiger partial charge is 0.337 e. The van der Waals surface area contributed by atoms with E-state index in [0.717, 1.165) is 42.5 Å². The Kier molecular flexibility index (Phi) is 6.60. The van der Waals surface area contributed by atoms with Crippen molar-refractivity contribution in [1.82, 2.24) is 19.4 Å². The number of carbonyl (C=O) groups excluding carboxylic acids is 1. The maximum atomic E-state index is 12.0. The maximum absolute atomic E-state index is 12.0. The number of hydrogen-bond donors (Lipinski definition) is 1. The molecular weight excluding hydrogens is 414 g/mol. The Balaban J connectivity index is 1.85. The van der Waals surface area contributed by atoms with Crippen molar-refractivity contribution < 1.29 is 9.53 Å². The average molecular weight is 446 g/mol. The number of esters is 1. The maximum Gasteiger partial charge on any atom is 0.337 e. The van der Waals surface area contributed by atoms with E-state index in [9.17, 15) is 4.79 Å². The molecule has 2 aromatic carbocycles. The van der Waals surface area contributed by atoms with Crippen LogP contribution in [0.25, 0.3) is 21.9 Å². The Morgan fingerprint density at radius 3 is 2.48 bits per heavy atom. The lowest BCUT2D eigenvalue weighted by Gasteiger charge is -2.13. The van der Waals surface area contributed by atoms with E-state index < -0.39 is 5.97 Å². The number of nitrogens with two attached hydrogens (primary N) is 1. The third-order valence-corrected chi connectivity index (χ3v) is 5.82. The molecule has 0 spiro atoms. The molecule has 172 valence electrons. The van der Waals surface area contributed by atoms with Crippen molar-refractivity contribution in [2.24, 2.45) is 0 Å². The molecule has 0 unspecified atom stereocenters. The summed E-state index contributed by atoms with van der Waals surface area (Å²) in [6, 6.07) is 14.1. The molecule has 0 aliphatic rings. The summed E-state index contributed by atoms with van der Waals surface area (Å²) >= 11 is 0. The molecule has 0 saturated heterocycles. The van der Waals surface area contributed by atoms with Gasteiger partial charge in [0.05, 0.1) is 23.7 Å². The topological polar surface area (TPSA) is 86.3 Å². The van der Waals surface area contributed by atoms with Gasteiger partial charge in [0, 0.05) is 24.9 Å². The number of pyridine rings is 1. The Bertz CT molecular complexity index is 1290. The van der Waals surface area contributed by atoms with Gasteiger partial charge in [0.2, 0.25) is 0 Å². The summed E-state index contributed by atoms with van der Waals surface area (Å²) in [5.41, 5.74) is 11.6. The van der Waals surface area contributed by atoms with Gasteiger partial charge in [-0.2, -0.15) is 0 Å². The van der Waals surface area contributed by atoms with Crippen LogP contribution >= 0.6 is 0 Å². The van der Waals surface area contributed by atoms with Gasteiger partial charge in [0.25, 0.3) is 0 Å². The van der Waals surface area contributed by atoms with Gasteiger partial charge in [-0.3, -0.25) is 0 Å². The van der Waals surface area contributed by atoms with E-state index in [2.05, 4.69) is 59.7 Å². The Hall–Kier alpha value is -3.45. The van der Waals surface area contributed by atoms with Crippen LogP contribution in [0.4, 0.5) is 5.82 Å². The molecule has 2 N–H and O–H groups in total. The number of ether oxygens (including phenoxy) is 1. The van der Waals surface area contributed by atoms with Crippen molar-refractivity contribution in [3.63, 3.8) is 0 Å². The third kappa shape index (κ3) is 4.68. The first-order valence-corrected chi connectivity index (χ1v) is 11.3. The molecule has 2 aromatic heterocycles. The number of rotatable bonds is 8. The van der Waals surface area contributed by atoms with E-state index in [4.69, 9.17) is 15.5 Å². The van der Waals surface area contributed by atoms with E-state index in [1.165, 1.54) is 18.2 Å². The van der Waals surface area contributed by atoms with Crippen molar-refractivity contribution in [1.29, 1.82) is 0 Å². The number of imidazole rings is 1. The molecular formula is C26H31N5O2. The molecule has 33 heavy (non-hydrogen) atoms. The zero-order valence-electron chi connectivity index (χ0n) is 19.8. The summed E-state index contributed by atoms with van der Waals surface area (Å²) in [6.45, 7) is 3.77. The third-order valence-electron chi connectivity index (χ3n) is 5.82. The average Bonchev–Trinajstić information content (AvgIpc) is 3.16. The molecule has 0 radical (unpaired) electrons. The number of fused-ring (bicyclic) bond motifs is 3. The first kappa shape index (κ1) is 22.7. The summed E-state index contributed by atoms with van der Waals surface area (Å²) in [6.07, 6.45) is 2.99. The van der Waals surface area contributed by atoms with Gasteiger partial charge in [-0.15, -0.1) is 0 Å². The zero-order valence-corrected chi connectivity index (χ0v) is 19.8. The zero-order chi connectivity index (χ0) is 23.5. The van der Waals surface area contributed by atoms with Crippen LogP contribution in [0.1, 0.15) is 47.1 Å². The fourth-order valence-electron chi connectivity index (χ4n) is 4.20. The molecule has 7 nitrogen and oxygen atoms in total. The quantitative estimate of drug-likeness (QED) is 0.405. The fourth-order valence-corrected chi connectivity index (χ4v) is 4.20. The second-order valence-corrected chi connectivity index (χ2v) is 8.69. The van der Waals surface area contributed by atoms with E-state index in [1.807, 2.05) is 6.07 Å². The highest BCUT2D eigenvalue weighted by Gasteiger charge is 2.19. The van der Waals surface area contributed by atoms with Crippen molar-refractivity contribution in [3.05, 3.63) is 65.0 Å². The Morgan fingerprint density at radius 1 is 1.09 bits per heavy atom. The highest BCUT2D eigenvalue weighted by molar-refractivity contribution is 6.08. The molecule has 0 atom stereocenters. The van der Waals surface area contributed by atoms with E-state index >= 15 is 0 Å². The van der Waals surface area contributed by atoms with Crippen LogP contribution in [0.3, 0.4) is 0 Å². The molecule has 7 heteroatoms. The predicted octanol–water partition coefficient (Wildman–Crippen LogP) is 4.41. The number of nitrogen functional groups attached to an aromatic ring is 1. The number of aromatic nitrogens is 3. The molecule has 0 fully saturated rings. The van der Waals surface area contributed by atoms with Crippen LogP contribution in [0.5, 0.6) is 0 Å². The van der Waals surface area contributed by atoms with Gasteiger partial charge in [-0.25, -0.2) is 14.8 Å². The van der Waals surface area contributed by atoms with Crippen LogP contribution in [-0.2, 0) is 24.2 Å². The molecule has 2 heterocycles. The number of aryl methyl sites for hydroxylation is 1. The van der Waals surface area contributed by atoms with Gasteiger partial charge in [0.15, 0.2) is 5.82 Å². The van der Waals surface area contributed by atoms with Crippen molar-refractivity contribution in [3.8, 4) is 0 Å². The standard InChI is InChI=1S/C26H31N5O2/c1-5-6-7-22-29-23-24(31(22)16-18-10-8-17(9-11-18)15-30(2)3)20-13-12-19(26(32)33-4)14-21(20)28-25(23)27/h8-14H,5-7,15-16H2,1-4H3,(H2,27,28). The Morgan fingerprint density at radius 2 is 1.82 bits per heavy atom. The van der Waals surface area contributed by atoms with Gasteiger partial charge < -0.3 is 19.9 Å². The Labute approximate surface area is 194 Å². The molecule has 0 amide bonds. The molecule has 4 aromatic rings. The second kappa shape index (κ2) is 9.58. The minimum Gasteiger partial charge on any atom is -0.465 e. The number of hydrogen-bond acceptors (Lipinski definition) is 6. The van der Waals surface area contributed by atoms with Crippen LogP contribution < -0.4 is 5.73 Å². The molecule has 4 rings (SSSR count). The van der Waals surface area contributed by atoms with Crippen molar-refractivity contribution in [2.75, 3.05) is 26.9 Å². The number of methoxy groups -OCH3 is 1. The van der Waals surface area contributed by atoms with E-state index in [0.29, 0.717) is 29.0 Å². The van der Waals surface area contributed by atoms with Crippen LogP contribution in [0.2, 0.25) is 0 Å². The van der Waals surface area contributed by atoms with Gasteiger partial charge in [-0.05, 0) is 49.8 Å². The number of anilines is 1. The van der Waals surface area contributed by atoms with Crippen molar-refractivity contribution in [2.45, 2.75) is 39.3 Å². The lowest BCUT2D eigenvalue weighted by molar-refractivity contribution is 0.0601. The molecule has 0 aliphatic heterocycles. The molecule has 0 bridgehead atoms. The highest BCUT2D eigenvalue weighted by Crippen LogP contribution is 2.31. The van der Waals surface area contributed by atoms with Crippen LogP contribution in [-0.4, -0.2) is 46.6 Å². The largest absolute Gasteiger partial charge is 0.465 e. The SMILES string of the molecule is CCCCc1nc2c(N)nc3cc(C(=O)OC)ccc3c2n1Cc1ccc(CN(C)C)cc1. The van der Waals surface area contributed by atoms with E-state index in [1.54, 1.807) is 12.1 Å². The van der Waals surface area contributed by atoms with Crippen LogP contribution in [0.15, 0.2) is 42.5 Å². The number of carbonyl (C=O) groups is 1. The molecule has 0 aliphatic carbocycles. The monoisotopic (exact) mass is 445 g/mol. The summed E-state index contributed by atoms with van der Waals surface area (Å²) in [7, 11) is 5.51. The molecule has 0 saturated carbocycles.